The van der Waals surface area contributed by atoms with E-state index in [1.807, 2.05) is 14.1 Å². The van der Waals surface area contributed by atoms with Crippen molar-refractivity contribution in [1.82, 2.24) is 15.0 Å². The first kappa shape index (κ1) is 8.86. The van der Waals surface area contributed by atoms with E-state index in [1.165, 1.54) is 0 Å². The third kappa shape index (κ3) is 2.37. The summed E-state index contributed by atoms with van der Waals surface area (Å²) in [7, 11) is 3.74. The van der Waals surface area contributed by atoms with Crippen LogP contribution in [0.2, 0.25) is 0 Å². The molecule has 1 rings (SSSR count). The SMILES string of the molecule is CN(C)c1nc(Br)nc(Br)n1. The first-order valence-electron chi connectivity index (χ1n) is 2.84. The molecular weight excluding hydrogens is 276 g/mol. The maximum absolute atomic E-state index is 4.02. The summed E-state index contributed by atoms with van der Waals surface area (Å²) in [5.74, 6) is 0.624. The molecule has 0 saturated carbocycles. The van der Waals surface area contributed by atoms with Crippen molar-refractivity contribution in [1.29, 1.82) is 0 Å². The Bertz CT molecular complexity index is 242. The zero-order chi connectivity index (χ0) is 8.43. The first-order chi connectivity index (χ1) is 5.09. The highest BCUT2D eigenvalue weighted by Crippen LogP contribution is 2.12. The van der Waals surface area contributed by atoms with E-state index in [1.54, 1.807) is 4.90 Å². The molecule has 1 aromatic heterocycles. The van der Waals surface area contributed by atoms with Gasteiger partial charge in [-0.2, -0.15) is 15.0 Å². The van der Waals surface area contributed by atoms with Gasteiger partial charge in [0, 0.05) is 14.1 Å². The molecule has 0 bridgehead atoms. The topological polar surface area (TPSA) is 41.9 Å². The van der Waals surface area contributed by atoms with Crippen LogP contribution in [0, 0.1) is 0 Å². The van der Waals surface area contributed by atoms with Gasteiger partial charge in [0.1, 0.15) is 0 Å². The maximum atomic E-state index is 4.02. The van der Waals surface area contributed by atoms with Crippen LogP contribution in [0.3, 0.4) is 0 Å². The molecule has 1 aromatic rings. The van der Waals surface area contributed by atoms with E-state index < -0.39 is 0 Å². The fourth-order valence-electron chi connectivity index (χ4n) is 0.516. The normalized spacial score (nSPS) is 9.82. The summed E-state index contributed by atoms with van der Waals surface area (Å²) in [5, 5.41) is 0. The Kier molecular flexibility index (Phi) is 2.78. The Balaban J connectivity index is 3.08. The van der Waals surface area contributed by atoms with E-state index in [4.69, 9.17) is 0 Å². The number of hydrogen-bond donors (Lipinski definition) is 0. The van der Waals surface area contributed by atoms with E-state index in [9.17, 15) is 0 Å². The molecule has 0 atom stereocenters. The molecule has 0 aliphatic heterocycles. The average Bonchev–Trinajstić information content (AvgIpc) is 1.85. The molecule has 1 heterocycles. The highest BCUT2D eigenvalue weighted by Gasteiger charge is 2.02. The largest absolute Gasteiger partial charge is 0.347 e. The van der Waals surface area contributed by atoms with Crippen LogP contribution in [0.25, 0.3) is 0 Å². The summed E-state index contributed by atoms with van der Waals surface area (Å²) in [4.78, 5) is 13.8. The Morgan fingerprint density at radius 3 is 1.82 bits per heavy atom. The highest BCUT2D eigenvalue weighted by atomic mass is 79.9. The monoisotopic (exact) mass is 280 g/mol. The van der Waals surface area contributed by atoms with Gasteiger partial charge in [-0.1, -0.05) is 0 Å². The van der Waals surface area contributed by atoms with Crippen LogP contribution >= 0.6 is 31.9 Å². The number of anilines is 1. The molecule has 6 heteroatoms. The van der Waals surface area contributed by atoms with Gasteiger partial charge in [-0.05, 0) is 31.9 Å². The van der Waals surface area contributed by atoms with Crippen LogP contribution in [0.4, 0.5) is 5.95 Å². The Hall–Kier alpha value is -0.230. The second-order valence-electron chi connectivity index (χ2n) is 2.07. The van der Waals surface area contributed by atoms with Crippen molar-refractivity contribution < 1.29 is 0 Å². The summed E-state index contributed by atoms with van der Waals surface area (Å²) < 4.78 is 1.06. The second-order valence-corrected chi connectivity index (χ2v) is 3.49. The van der Waals surface area contributed by atoms with Crippen LogP contribution in [0.5, 0.6) is 0 Å². The van der Waals surface area contributed by atoms with E-state index in [0.29, 0.717) is 15.4 Å². The van der Waals surface area contributed by atoms with E-state index in [0.717, 1.165) is 0 Å². The van der Waals surface area contributed by atoms with Gasteiger partial charge in [-0.25, -0.2) is 0 Å². The van der Waals surface area contributed by atoms with Crippen LogP contribution < -0.4 is 4.90 Å². The minimum atomic E-state index is 0.531. The predicted octanol–water partition coefficient (Wildman–Crippen LogP) is 1.46. The van der Waals surface area contributed by atoms with Crippen molar-refractivity contribution in [2.45, 2.75) is 0 Å². The van der Waals surface area contributed by atoms with Gasteiger partial charge in [0.25, 0.3) is 0 Å². The smallest absolute Gasteiger partial charge is 0.229 e. The van der Waals surface area contributed by atoms with Crippen molar-refractivity contribution in [2.24, 2.45) is 0 Å². The Labute approximate surface area is 81.3 Å². The molecule has 0 aromatic carbocycles. The molecule has 60 valence electrons. The van der Waals surface area contributed by atoms with Gasteiger partial charge < -0.3 is 4.90 Å². The molecule has 4 nitrogen and oxygen atoms in total. The summed E-state index contributed by atoms with van der Waals surface area (Å²) in [6.07, 6.45) is 0. The summed E-state index contributed by atoms with van der Waals surface area (Å²) in [6.45, 7) is 0. The third-order valence-corrected chi connectivity index (χ3v) is 1.68. The lowest BCUT2D eigenvalue weighted by Gasteiger charge is -2.08. The van der Waals surface area contributed by atoms with E-state index in [2.05, 4.69) is 46.8 Å². The van der Waals surface area contributed by atoms with Gasteiger partial charge in [0.15, 0.2) is 0 Å². The maximum Gasteiger partial charge on any atom is 0.229 e. The van der Waals surface area contributed by atoms with Crippen LogP contribution in [0.1, 0.15) is 0 Å². The predicted molar refractivity (Wildman–Crippen MR) is 49.6 cm³/mol. The van der Waals surface area contributed by atoms with E-state index >= 15 is 0 Å². The zero-order valence-corrected chi connectivity index (χ0v) is 9.22. The number of nitrogens with zero attached hydrogens (tertiary/aromatic N) is 4. The molecule has 0 aliphatic carbocycles. The standard InChI is InChI=1S/C5H6Br2N4/c1-11(2)5-9-3(6)8-4(7)10-5/h1-2H3. The van der Waals surface area contributed by atoms with Gasteiger partial charge in [0.2, 0.25) is 15.4 Å². The molecule has 0 unspecified atom stereocenters. The quantitative estimate of drug-likeness (QED) is 0.782. The van der Waals surface area contributed by atoms with Crippen LogP contribution in [0.15, 0.2) is 9.47 Å². The number of hydrogen-bond acceptors (Lipinski definition) is 4. The lowest BCUT2D eigenvalue weighted by molar-refractivity contribution is 0.913. The average molecular weight is 282 g/mol. The lowest BCUT2D eigenvalue weighted by Crippen LogP contribution is -2.13. The third-order valence-electron chi connectivity index (χ3n) is 0.969. The lowest BCUT2D eigenvalue weighted by atomic mass is 10.8. The molecule has 0 radical (unpaired) electrons. The van der Waals surface area contributed by atoms with Crippen molar-refractivity contribution in [3.05, 3.63) is 9.47 Å². The molecule has 0 aliphatic rings. The molecule has 0 spiro atoms. The summed E-state index contributed by atoms with van der Waals surface area (Å²) in [6, 6.07) is 0. The number of halogens is 2. The minimum absolute atomic E-state index is 0.531. The highest BCUT2D eigenvalue weighted by molar-refractivity contribution is 9.11. The molecule has 11 heavy (non-hydrogen) atoms. The van der Waals surface area contributed by atoms with Crippen molar-refractivity contribution in [3.8, 4) is 0 Å². The fraction of sp³-hybridized carbons (Fsp3) is 0.400. The van der Waals surface area contributed by atoms with Crippen molar-refractivity contribution >= 4 is 37.8 Å². The molecular formula is C5H6Br2N4. The molecule has 0 fully saturated rings. The number of aromatic nitrogens is 3. The van der Waals surface area contributed by atoms with Gasteiger partial charge >= 0.3 is 0 Å². The van der Waals surface area contributed by atoms with Crippen molar-refractivity contribution in [2.75, 3.05) is 19.0 Å². The summed E-state index contributed by atoms with van der Waals surface area (Å²) >= 11 is 6.32. The molecule has 0 N–H and O–H groups in total. The van der Waals surface area contributed by atoms with Gasteiger partial charge in [-0.15, -0.1) is 0 Å². The zero-order valence-electron chi connectivity index (χ0n) is 6.04. The summed E-state index contributed by atoms with van der Waals surface area (Å²) in [5.41, 5.74) is 0. The van der Waals surface area contributed by atoms with Crippen molar-refractivity contribution in [3.63, 3.8) is 0 Å². The first-order valence-corrected chi connectivity index (χ1v) is 4.42. The minimum Gasteiger partial charge on any atom is -0.347 e. The van der Waals surface area contributed by atoms with Crippen LogP contribution in [-0.4, -0.2) is 29.0 Å². The molecule has 0 amide bonds. The second kappa shape index (κ2) is 3.44. The Morgan fingerprint density at radius 1 is 1.00 bits per heavy atom. The van der Waals surface area contributed by atoms with E-state index in [-0.39, 0.29) is 0 Å². The van der Waals surface area contributed by atoms with Gasteiger partial charge in [-0.3, -0.25) is 0 Å². The number of rotatable bonds is 1. The van der Waals surface area contributed by atoms with Crippen LogP contribution in [-0.2, 0) is 0 Å². The molecule has 0 saturated heterocycles. The van der Waals surface area contributed by atoms with Gasteiger partial charge in [0.05, 0.1) is 0 Å². The fourth-order valence-corrected chi connectivity index (χ4v) is 1.41. The Morgan fingerprint density at radius 2 is 1.45 bits per heavy atom.